The molecule has 1 aromatic carbocycles. The molecule has 1 aliphatic heterocycles. The molecule has 6 nitrogen and oxygen atoms in total. The number of rotatable bonds is 6. The SMILES string of the molecule is Cc1nn(C)c(C)c1/C=C/C(=O)NCC(c1ccc(C(F)(F)F)cc1)N1CCOCC1. The van der Waals surface area contributed by atoms with Crippen LogP contribution in [0.15, 0.2) is 30.3 Å². The van der Waals surface area contributed by atoms with Gasteiger partial charge < -0.3 is 10.1 Å². The molecule has 0 aliphatic carbocycles. The first-order valence-electron chi connectivity index (χ1n) is 10.1. The molecule has 1 fully saturated rings. The van der Waals surface area contributed by atoms with Gasteiger partial charge in [-0.15, -0.1) is 0 Å². The van der Waals surface area contributed by atoms with Gasteiger partial charge in [-0.05, 0) is 37.6 Å². The van der Waals surface area contributed by atoms with E-state index in [1.54, 1.807) is 10.8 Å². The van der Waals surface area contributed by atoms with Gasteiger partial charge in [0.15, 0.2) is 0 Å². The van der Waals surface area contributed by atoms with E-state index in [-0.39, 0.29) is 18.5 Å². The lowest BCUT2D eigenvalue weighted by molar-refractivity contribution is -0.137. The monoisotopic (exact) mass is 436 g/mol. The van der Waals surface area contributed by atoms with Crippen LogP contribution in [0, 0.1) is 13.8 Å². The van der Waals surface area contributed by atoms with Gasteiger partial charge in [0, 0.05) is 44.0 Å². The van der Waals surface area contributed by atoms with Crippen molar-refractivity contribution in [2.75, 3.05) is 32.8 Å². The van der Waals surface area contributed by atoms with E-state index in [0.717, 1.165) is 34.6 Å². The summed E-state index contributed by atoms with van der Waals surface area (Å²) in [5.74, 6) is -0.271. The molecule has 1 atom stereocenters. The van der Waals surface area contributed by atoms with Gasteiger partial charge in [0.1, 0.15) is 0 Å². The molecular weight excluding hydrogens is 409 g/mol. The minimum absolute atomic E-state index is 0.245. The van der Waals surface area contributed by atoms with Gasteiger partial charge in [0.2, 0.25) is 5.91 Å². The van der Waals surface area contributed by atoms with Gasteiger partial charge in [-0.3, -0.25) is 14.4 Å². The van der Waals surface area contributed by atoms with Crippen molar-refractivity contribution >= 4 is 12.0 Å². The Morgan fingerprint density at radius 3 is 2.42 bits per heavy atom. The van der Waals surface area contributed by atoms with Gasteiger partial charge in [-0.1, -0.05) is 12.1 Å². The topological polar surface area (TPSA) is 59.4 Å². The molecule has 1 saturated heterocycles. The molecule has 0 spiro atoms. The van der Waals surface area contributed by atoms with E-state index in [0.29, 0.717) is 26.3 Å². The molecule has 0 radical (unpaired) electrons. The fourth-order valence-corrected chi connectivity index (χ4v) is 3.69. The largest absolute Gasteiger partial charge is 0.416 e. The fraction of sp³-hybridized carbons (Fsp3) is 0.455. The maximum absolute atomic E-state index is 12.9. The molecule has 1 N–H and O–H groups in total. The van der Waals surface area contributed by atoms with Crippen molar-refractivity contribution in [3.63, 3.8) is 0 Å². The summed E-state index contributed by atoms with van der Waals surface area (Å²) < 4.78 is 45.9. The van der Waals surface area contributed by atoms with E-state index in [2.05, 4.69) is 15.3 Å². The summed E-state index contributed by atoms with van der Waals surface area (Å²) >= 11 is 0. The molecule has 168 valence electrons. The number of hydrogen-bond acceptors (Lipinski definition) is 4. The van der Waals surface area contributed by atoms with Crippen LogP contribution in [-0.4, -0.2) is 53.4 Å². The summed E-state index contributed by atoms with van der Waals surface area (Å²) in [6, 6.07) is 4.88. The quantitative estimate of drug-likeness (QED) is 0.707. The molecular formula is C22H27F3N4O2. The number of amides is 1. The first kappa shape index (κ1) is 23.0. The zero-order valence-electron chi connectivity index (χ0n) is 17.9. The number of nitrogens with zero attached hydrogens (tertiary/aromatic N) is 3. The number of carbonyl (C=O) groups excluding carboxylic acids is 1. The second kappa shape index (κ2) is 9.65. The first-order chi connectivity index (χ1) is 14.7. The maximum atomic E-state index is 12.9. The van der Waals surface area contributed by atoms with E-state index < -0.39 is 11.7 Å². The number of nitrogens with one attached hydrogen (secondary N) is 1. The van der Waals surface area contributed by atoms with Crippen LogP contribution in [-0.2, 0) is 22.8 Å². The normalized spacial score (nSPS) is 16.6. The minimum Gasteiger partial charge on any atom is -0.379 e. The zero-order valence-corrected chi connectivity index (χ0v) is 17.9. The molecule has 2 aromatic rings. The van der Waals surface area contributed by atoms with Gasteiger partial charge >= 0.3 is 6.18 Å². The average molecular weight is 436 g/mol. The van der Waals surface area contributed by atoms with Crippen molar-refractivity contribution in [2.24, 2.45) is 7.05 Å². The Balaban J connectivity index is 1.71. The van der Waals surface area contributed by atoms with Crippen LogP contribution < -0.4 is 5.32 Å². The van der Waals surface area contributed by atoms with Crippen LogP contribution in [0.1, 0.15) is 34.1 Å². The minimum atomic E-state index is -4.38. The van der Waals surface area contributed by atoms with E-state index in [1.165, 1.54) is 18.2 Å². The Bertz CT molecular complexity index is 929. The number of alkyl halides is 3. The molecule has 0 saturated carbocycles. The van der Waals surface area contributed by atoms with Crippen LogP contribution in [0.5, 0.6) is 0 Å². The Labute approximate surface area is 179 Å². The van der Waals surface area contributed by atoms with E-state index in [1.807, 2.05) is 20.9 Å². The number of morpholine rings is 1. The molecule has 3 rings (SSSR count). The molecule has 0 bridgehead atoms. The van der Waals surface area contributed by atoms with Crippen LogP contribution >= 0.6 is 0 Å². The van der Waals surface area contributed by atoms with Gasteiger partial charge in [0.05, 0.1) is 30.5 Å². The second-order valence-electron chi connectivity index (χ2n) is 7.57. The van der Waals surface area contributed by atoms with E-state index >= 15 is 0 Å². The van der Waals surface area contributed by atoms with Crippen LogP contribution in [0.25, 0.3) is 6.08 Å². The highest BCUT2D eigenvalue weighted by molar-refractivity contribution is 5.92. The maximum Gasteiger partial charge on any atom is 0.416 e. The summed E-state index contributed by atoms with van der Waals surface area (Å²) in [6.45, 7) is 6.46. The molecule has 9 heteroatoms. The summed E-state index contributed by atoms with van der Waals surface area (Å²) in [6.07, 6.45) is -1.19. The Hall–Kier alpha value is -2.65. The Morgan fingerprint density at radius 1 is 1.23 bits per heavy atom. The molecule has 1 aliphatic rings. The highest BCUT2D eigenvalue weighted by Gasteiger charge is 2.31. The molecule has 1 unspecified atom stereocenters. The van der Waals surface area contributed by atoms with Gasteiger partial charge in [-0.25, -0.2) is 0 Å². The molecule has 2 heterocycles. The Morgan fingerprint density at radius 2 is 1.87 bits per heavy atom. The predicted molar refractivity (Wildman–Crippen MR) is 111 cm³/mol. The lowest BCUT2D eigenvalue weighted by atomic mass is 10.0. The Kier molecular flexibility index (Phi) is 7.17. The summed E-state index contributed by atoms with van der Waals surface area (Å²) in [4.78, 5) is 14.5. The third-order valence-electron chi connectivity index (χ3n) is 5.55. The number of carbonyl (C=O) groups is 1. The van der Waals surface area contributed by atoms with Gasteiger partial charge in [-0.2, -0.15) is 18.3 Å². The number of hydrogen-bond donors (Lipinski definition) is 1. The van der Waals surface area contributed by atoms with Crippen molar-refractivity contribution in [2.45, 2.75) is 26.1 Å². The fourth-order valence-electron chi connectivity index (χ4n) is 3.69. The van der Waals surface area contributed by atoms with E-state index in [4.69, 9.17) is 4.74 Å². The standard InChI is InChI=1S/C22H27F3N4O2/c1-15-19(16(2)28(3)27-15)8-9-21(30)26-14-20(29-10-12-31-13-11-29)17-4-6-18(7-5-17)22(23,24)25/h4-9,20H,10-14H2,1-3H3,(H,26,30)/b9-8+. The number of aryl methyl sites for hydroxylation is 2. The lowest BCUT2D eigenvalue weighted by Crippen LogP contribution is -2.43. The summed E-state index contributed by atoms with van der Waals surface area (Å²) in [7, 11) is 1.84. The van der Waals surface area contributed by atoms with Crippen LogP contribution in [0.3, 0.4) is 0 Å². The zero-order chi connectivity index (χ0) is 22.6. The predicted octanol–water partition coefficient (Wildman–Crippen LogP) is 3.26. The molecule has 31 heavy (non-hydrogen) atoms. The van der Waals surface area contributed by atoms with Crippen LogP contribution in [0.4, 0.5) is 13.2 Å². The summed E-state index contributed by atoms with van der Waals surface area (Å²) in [5.41, 5.74) is 2.71. The average Bonchev–Trinajstić information content (AvgIpc) is 2.98. The van der Waals surface area contributed by atoms with Crippen molar-refractivity contribution in [3.05, 3.63) is 58.4 Å². The third-order valence-corrected chi connectivity index (χ3v) is 5.55. The number of ether oxygens (including phenoxy) is 1. The van der Waals surface area contributed by atoms with Crippen molar-refractivity contribution in [1.82, 2.24) is 20.0 Å². The molecule has 1 amide bonds. The summed E-state index contributed by atoms with van der Waals surface area (Å²) in [5, 5.41) is 7.20. The third kappa shape index (κ3) is 5.74. The number of aromatic nitrogens is 2. The smallest absolute Gasteiger partial charge is 0.379 e. The second-order valence-corrected chi connectivity index (χ2v) is 7.57. The first-order valence-corrected chi connectivity index (χ1v) is 10.1. The number of benzene rings is 1. The van der Waals surface area contributed by atoms with Crippen molar-refractivity contribution in [3.8, 4) is 0 Å². The number of halogens is 3. The molecule has 1 aromatic heterocycles. The van der Waals surface area contributed by atoms with E-state index in [9.17, 15) is 18.0 Å². The van der Waals surface area contributed by atoms with Crippen molar-refractivity contribution in [1.29, 1.82) is 0 Å². The lowest BCUT2D eigenvalue weighted by Gasteiger charge is -2.35. The highest BCUT2D eigenvalue weighted by Crippen LogP contribution is 2.31. The highest BCUT2D eigenvalue weighted by atomic mass is 19.4. The van der Waals surface area contributed by atoms with Crippen molar-refractivity contribution < 1.29 is 22.7 Å². The van der Waals surface area contributed by atoms with Crippen LogP contribution in [0.2, 0.25) is 0 Å². The van der Waals surface area contributed by atoms with Gasteiger partial charge in [0.25, 0.3) is 0 Å².